The smallest absolute Gasteiger partial charge is 0.217 e. The van der Waals surface area contributed by atoms with Gasteiger partial charge in [-0.1, -0.05) is 6.07 Å². The molecule has 1 aliphatic rings. The van der Waals surface area contributed by atoms with Crippen LogP contribution >= 0.6 is 0 Å². The molecule has 1 amide bonds. The Morgan fingerprint density at radius 1 is 1.12 bits per heavy atom. The van der Waals surface area contributed by atoms with Crippen molar-refractivity contribution in [1.29, 1.82) is 0 Å². The monoisotopic (exact) mass is 339 g/mol. The number of carbonyl (C=O) groups excluding carboxylic acids is 1. The summed E-state index contributed by atoms with van der Waals surface area (Å²) in [4.78, 5) is 26.7. The van der Waals surface area contributed by atoms with Crippen LogP contribution in [0.3, 0.4) is 0 Å². The Kier molecular flexibility index (Phi) is 6.06. The molecule has 6 nitrogen and oxygen atoms in total. The number of piperidine rings is 1. The largest absolute Gasteiger partial charge is 0.351 e. The molecular formula is C19H25N5O. The second-order valence-corrected chi connectivity index (χ2v) is 6.65. The first-order valence-corrected chi connectivity index (χ1v) is 8.85. The van der Waals surface area contributed by atoms with Gasteiger partial charge in [0.15, 0.2) is 0 Å². The van der Waals surface area contributed by atoms with E-state index in [2.05, 4.69) is 31.2 Å². The number of aromatic nitrogens is 3. The lowest BCUT2D eigenvalue weighted by Crippen LogP contribution is -2.34. The third-order valence-electron chi connectivity index (χ3n) is 4.59. The summed E-state index contributed by atoms with van der Waals surface area (Å²) in [7, 11) is 0. The average molecular weight is 339 g/mol. The molecule has 0 saturated carbocycles. The van der Waals surface area contributed by atoms with Crippen LogP contribution in [0.1, 0.15) is 36.8 Å². The van der Waals surface area contributed by atoms with Crippen LogP contribution in [0.4, 0.5) is 0 Å². The zero-order valence-electron chi connectivity index (χ0n) is 14.7. The fourth-order valence-electron chi connectivity index (χ4n) is 3.16. The Bertz CT molecular complexity index is 666. The van der Waals surface area contributed by atoms with E-state index in [1.54, 1.807) is 6.20 Å². The Labute approximate surface area is 148 Å². The highest BCUT2D eigenvalue weighted by molar-refractivity contribution is 5.72. The van der Waals surface area contributed by atoms with E-state index in [4.69, 9.17) is 0 Å². The molecule has 3 rings (SSSR count). The number of likely N-dealkylation sites (tertiary alicyclic amines) is 1. The standard InChI is InChI=1S/C19H25N5O/c1-15(25)21-12-19-13-22-18(11-23-19)10-16-5-8-24(9-6-16)14-17-4-2-3-7-20-17/h2-4,7,11,13,16H,5-6,8-10,12,14H2,1H3,(H,21,25). The number of hydrogen-bond acceptors (Lipinski definition) is 5. The quantitative estimate of drug-likeness (QED) is 0.871. The second-order valence-electron chi connectivity index (χ2n) is 6.65. The number of nitrogens with one attached hydrogen (secondary N) is 1. The third-order valence-corrected chi connectivity index (χ3v) is 4.59. The topological polar surface area (TPSA) is 71.0 Å². The molecule has 0 bridgehead atoms. The minimum absolute atomic E-state index is 0.0525. The van der Waals surface area contributed by atoms with E-state index in [0.29, 0.717) is 12.5 Å². The highest BCUT2D eigenvalue weighted by Gasteiger charge is 2.20. The van der Waals surface area contributed by atoms with Gasteiger partial charge in [-0.3, -0.25) is 24.6 Å². The maximum Gasteiger partial charge on any atom is 0.217 e. The molecule has 0 radical (unpaired) electrons. The summed E-state index contributed by atoms with van der Waals surface area (Å²) >= 11 is 0. The van der Waals surface area contributed by atoms with E-state index in [1.807, 2.05) is 24.5 Å². The van der Waals surface area contributed by atoms with Crippen LogP contribution in [0.5, 0.6) is 0 Å². The van der Waals surface area contributed by atoms with Crippen molar-refractivity contribution in [3.63, 3.8) is 0 Å². The van der Waals surface area contributed by atoms with Crippen molar-refractivity contribution in [2.24, 2.45) is 5.92 Å². The molecule has 1 N–H and O–H groups in total. The summed E-state index contributed by atoms with van der Waals surface area (Å²) in [6, 6.07) is 6.09. The lowest BCUT2D eigenvalue weighted by molar-refractivity contribution is -0.119. The Morgan fingerprint density at radius 2 is 1.88 bits per heavy atom. The van der Waals surface area contributed by atoms with Crippen LogP contribution < -0.4 is 5.32 Å². The van der Waals surface area contributed by atoms with Gasteiger partial charge >= 0.3 is 0 Å². The molecule has 0 unspecified atom stereocenters. The average Bonchev–Trinajstić information content (AvgIpc) is 2.64. The summed E-state index contributed by atoms with van der Waals surface area (Å²) in [6.45, 7) is 5.09. The van der Waals surface area contributed by atoms with Crippen molar-refractivity contribution < 1.29 is 4.79 Å². The molecule has 25 heavy (non-hydrogen) atoms. The molecule has 2 aromatic rings. The van der Waals surface area contributed by atoms with Crippen LogP contribution in [0.15, 0.2) is 36.8 Å². The number of pyridine rings is 1. The molecule has 2 aromatic heterocycles. The summed E-state index contributed by atoms with van der Waals surface area (Å²) in [6.07, 6.45) is 8.81. The predicted octanol–water partition coefficient (Wildman–Crippen LogP) is 1.96. The van der Waals surface area contributed by atoms with E-state index in [1.165, 1.54) is 19.8 Å². The van der Waals surface area contributed by atoms with Crippen molar-refractivity contribution in [2.45, 2.75) is 39.3 Å². The highest BCUT2D eigenvalue weighted by Crippen LogP contribution is 2.21. The first kappa shape index (κ1) is 17.5. The van der Waals surface area contributed by atoms with Crippen molar-refractivity contribution in [1.82, 2.24) is 25.2 Å². The number of rotatable bonds is 6. The van der Waals surface area contributed by atoms with Crippen molar-refractivity contribution in [2.75, 3.05) is 13.1 Å². The maximum atomic E-state index is 10.9. The zero-order valence-corrected chi connectivity index (χ0v) is 14.7. The first-order chi connectivity index (χ1) is 12.2. The van der Waals surface area contributed by atoms with Gasteiger partial charge in [-0.2, -0.15) is 0 Å². The summed E-state index contributed by atoms with van der Waals surface area (Å²) in [5.74, 6) is 0.610. The van der Waals surface area contributed by atoms with Crippen molar-refractivity contribution >= 4 is 5.91 Å². The van der Waals surface area contributed by atoms with Gasteiger partial charge in [0, 0.05) is 25.9 Å². The molecule has 3 heterocycles. The summed E-state index contributed by atoms with van der Waals surface area (Å²) < 4.78 is 0. The van der Waals surface area contributed by atoms with Gasteiger partial charge in [-0.15, -0.1) is 0 Å². The Morgan fingerprint density at radius 3 is 2.52 bits per heavy atom. The number of carbonyl (C=O) groups is 1. The van der Waals surface area contributed by atoms with E-state index in [-0.39, 0.29) is 5.91 Å². The molecule has 0 aliphatic carbocycles. The van der Waals surface area contributed by atoms with Crippen molar-refractivity contribution in [3.8, 4) is 0 Å². The second kappa shape index (κ2) is 8.67. The van der Waals surface area contributed by atoms with Crippen LogP contribution in [0.25, 0.3) is 0 Å². The van der Waals surface area contributed by atoms with Crippen LogP contribution in [0, 0.1) is 5.92 Å². The molecule has 1 fully saturated rings. The van der Waals surface area contributed by atoms with Gasteiger partial charge in [-0.05, 0) is 50.4 Å². The number of hydrogen-bond donors (Lipinski definition) is 1. The first-order valence-electron chi connectivity index (χ1n) is 8.85. The molecule has 132 valence electrons. The minimum atomic E-state index is -0.0525. The lowest BCUT2D eigenvalue weighted by atomic mass is 9.92. The van der Waals surface area contributed by atoms with Crippen molar-refractivity contribution in [3.05, 3.63) is 53.9 Å². The van der Waals surface area contributed by atoms with Gasteiger partial charge in [0.1, 0.15) is 0 Å². The molecule has 0 atom stereocenters. The highest BCUT2D eigenvalue weighted by atomic mass is 16.1. The van der Waals surface area contributed by atoms with Gasteiger partial charge < -0.3 is 5.32 Å². The van der Waals surface area contributed by atoms with Gasteiger partial charge in [0.2, 0.25) is 5.91 Å². The Balaban J connectivity index is 1.43. The van der Waals surface area contributed by atoms with Crippen LogP contribution in [-0.2, 0) is 24.3 Å². The molecule has 0 spiro atoms. The van der Waals surface area contributed by atoms with Crippen LogP contribution in [-0.4, -0.2) is 38.8 Å². The van der Waals surface area contributed by atoms with Crippen LogP contribution in [0.2, 0.25) is 0 Å². The molecule has 1 aliphatic heterocycles. The van der Waals surface area contributed by atoms with Gasteiger partial charge in [0.05, 0.1) is 29.8 Å². The van der Waals surface area contributed by atoms with E-state index in [9.17, 15) is 4.79 Å². The van der Waals surface area contributed by atoms with Gasteiger partial charge in [-0.25, -0.2) is 0 Å². The third kappa shape index (κ3) is 5.60. The summed E-state index contributed by atoms with van der Waals surface area (Å²) in [5, 5.41) is 2.74. The van der Waals surface area contributed by atoms with E-state index < -0.39 is 0 Å². The normalized spacial score (nSPS) is 15.9. The molecule has 6 heteroatoms. The van der Waals surface area contributed by atoms with E-state index in [0.717, 1.165) is 43.1 Å². The fraction of sp³-hybridized carbons (Fsp3) is 0.474. The minimum Gasteiger partial charge on any atom is -0.351 e. The summed E-state index contributed by atoms with van der Waals surface area (Å²) in [5.41, 5.74) is 2.97. The lowest BCUT2D eigenvalue weighted by Gasteiger charge is -2.31. The predicted molar refractivity (Wildman–Crippen MR) is 95.5 cm³/mol. The number of nitrogens with zero attached hydrogens (tertiary/aromatic N) is 4. The molecule has 1 saturated heterocycles. The SMILES string of the molecule is CC(=O)NCc1cnc(CC2CCN(Cc3ccccn3)CC2)cn1. The number of amides is 1. The van der Waals surface area contributed by atoms with Gasteiger partial charge in [0.25, 0.3) is 0 Å². The fourth-order valence-corrected chi connectivity index (χ4v) is 3.16. The zero-order chi connectivity index (χ0) is 17.5. The molecule has 0 aromatic carbocycles. The molecular weight excluding hydrogens is 314 g/mol. The maximum absolute atomic E-state index is 10.9. The Hall–Kier alpha value is -2.34. The van der Waals surface area contributed by atoms with E-state index >= 15 is 0 Å².